The van der Waals surface area contributed by atoms with Gasteiger partial charge < -0.3 is 9.64 Å². The maximum Gasteiger partial charge on any atom is 0.134 e. The summed E-state index contributed by atoms with van der Waals surface area (Å²) < 4.78 is 5.92. The third-order valence-corrected chi connectivity index (χ3v) is 3.82. The predicted octanol–water partition coefficient (Wildman–Crippen LogP) is 2.21. The number of hydrogen-bond donors (Lipinski definition) is 0. The molecule has 1 saturated heterocycles. The first-order valence-electron chi connectivity index (χ1n) is 7.38. The normalized spacial score (nSPS) is 16.3. The summed E-state index contributed by atoms with van der Waals surface area (Å²) in [4.78, 5) is 4.80. The zero-order valence-electron chi connectivity index (χ0n) is 12.9. The second-order valence-corrected chi connectivity index (χ2v) is 5.70. The molecule has 0 radical (unpaired) electrons. The molecule has 0 atom stereocenters. The standard InChI is InChI=1S/C17H23ClN2O/c1-15-5-6-17(16(14-15)4-3-7-18)21-13-12-20-10-8-19(2)9-11-20/h5-6,14H,7-13H2,1-2H3. The SMILES string of the molecule is Cc1ccc(OCCN2CCN(C)CC2)c(C#CCCl)c1. The Labute approximate surface area is 132 Å². The second kappa shape index (κ2) is 8.29. The third kappa shape index (κ3) is 5.24. The Hall–Kier alpha value is -1.21. The van der Waals surface area contributed by atoms with Crippen LogP contribution in [0.15, 0.2) is 18.2 Å². The van der Waals surface area contributed by atoms with Gasteiger partial charge in [0.1, 0.15) is 12.4 Å². The highest BCUT2D eigenvalue weighted by Crippen LogP contribution is 2.19. The summed E-state index contributed by atoms with van der Waals surface area (Å²) in [6, 6.07) is 6.10. The first-order valence-corrected chi connectivity index (χ1v) is 7.91. The van der Waals surface area contributed by atoms with E-state index in [2.05, 4.69) is 41.7 Å². The zero-order valence-corrected chi connectivity index (χ0v) is 13.6. The lowest BCUT2D eigenvalue weighted by atomic mass is 10.1. The molecule has 2 rings (SSSR count). The van der Waals surface area contributed by atoms with E-state index in [-0.39, 0.29) is 0 Å². The molecule has 0 amide bonds. The van der Waals surface area contributed by atoms with Crippen molar-refractivity contribution in [1.29, 1.82) is 0 Å². The summed E-state index contributed by atoms with van der Waals surface area (Å²) in [5.74, 6) is 7.16. The van der Waals surface area contributed by atoms with Crippen molar-refractivity contribution in [3.8, 4) is 17.6 Å². The van der Waals surface area contributed by atoms with Gasteiger partial charge in [0.2, 0.25) is 0 Å². The van der Waals surface area contributed by atoms with E-state index in [0.717, 1.165) is 44.0 Å². The minimum Gasteiger partial charge on any atom is -0.491 e. The fraction of sp³-hybridized carbons (Fsp3) is 0.529. The Balaban J connectivity index is 1.88. The molecule has 0 aromatic heterocycles. The van der Waals surface area contributed by atoms with Crippen molar-refractivity contribution >= 4 is 11.6 Å². The van der Waals surface area contributed by atoms with Gasteiger partial charge in [-0.05, 0) is 31.7 Å². The average molecular weight is 307 g/mol. The van der Waals surface area contributed by atoms with Crippen LogP contribution in [0.25, 0.3) is 0 Å². The highest BCUT2D eigenvalue weighted by molar-refractivity contribution is 6.19. The summed E-state index contributed by atoms with van der Waals surface area (Å²) in [6.45, 7) is 8.22. The van der Waals surface area contributed by atoms with Crippen LogP contribution in [0.5, 0.6) is 5.75 Å². The van der Waals surface area contributed by atoms with Crippen LogP contribution in [0.3, 0.4) is 0 Å². The van der Waals surface area contributed by atoms with Crippen LogP contribution in [-0.2, 0) is 0 Å². The van der Waals surface area contributed by atoms with Crippen LogP contribution in [0, 0.1) is 18.8 Å². The van der Waals surface area contributed by atoms with Gasteiger partial charge >= 0.3 is 0 Å². The van der Waals surface area contributed by atoms with Crippen molar-refractivity contribution in [2.24, 2.45) is 0 Å². The van der Waals surface area contributed by atoms with Gasteiger partial charge in [-0.25, -0.2) is 0 Å². The van der Waals surface area contributed by atoms with Gasteiger partial charge in [0.15, 0.2) is 0 Å². The number of ether oxygens (including phenoxy) is 1. The number of hydrogen-bond acceptors (Lipinski definition) is 3. The summed E-state index contributed by atoms with van der Waals surface area (Å²) in [5.41, 5.74) is 2.11. The van der Waals surface area contributed by atoms with Crippen molar-refractivity contribution in [2.45, 2.75) is 6.92 Å². The van der Waals surface area contributed by atoms with Crippen LogP contribution < -0.4 is 4.74 Å². The molecule has 0 N–H and O–H groups in total. The Kier molecular flexibility index (Phi) is 6.38. The van der Waals surface area contributed by atoms with Crippen LogP contribution in [-0.4, -0.2) is 62.1 Å². The fourth-order valence-corrected chi connectivity index (χ4v) is 2.42. The third-order valence-electron chi connectivity index (χ3n) is 3.69. The number of piperazine rings is 1. The Morgan fingerprint density at radius 3 is 2.71 bits per heavy atom. The van der Waals surface area contributed by atoms with Gasteiger partial charge in [0, 0.05) is 32.7 Å². The second-order valence-electron chi connectivity index (χ2n) is 5.43. The van der Waals surface area contributed by atoms with E-state index in [9.17, 15) is 0 Å². The molecule has 1 fully saturated rings. The molecule has 1 aromatic carbocycles. The molecule has 21 heavy (non-hydrogen) atoms. The smallest absolute Gasteiger partial charge is 0.134 e. The molecule has 3 nitrogen and oxygen atoms in total. The first-order chi connectivity index (χ1) is 10.2. The highest BCUT2D eigenvalue weighted by Gasteiger charge is 2.13. The van der Waals surface area contributed by atoms with E-state index in [1.807, 2.05) is 12.1 Å². The number of nitrogens with zero attached hydrogens (tertiary/aromatic N) is 2. The number of alkyl halides is 1. The molecule has 114 valence electrons. The minimum absolute atomic E-state index is 0.342. The molecule has 0 bridgehead atoms. The molecule has 1 aliphatic rings. The predicted molar refractivity (Wildman–Crippen MR) is 88.2 cm³/mol. The maximum atomic E-state index is 5.92. The van der Waals surface area contributed by atoms with E-state index in [1.54, 1.807) is 0 Å². The van der Waals surface area contributed by atoms with E-state index < -0.39 is 0 Å². The molecule has 1 aliphatic heterocycles. The largest absolute Gasteiger partial charge is 0.491 e. The fourth-order valence-electron chi connectivity index (χ4n) is 2.35. The molecular weight excluding hydrogens is 284 g/mol. The molecule has 0 saturated carbocycles. The Morgan fingerprint density at radius 2 is 2.00 bits per heavy atom. The van der Waals surface area contributed by atoms with Gasteiger partial charge in [0.05, 0.1) is 11.4 Å². The van der Waals surface area contributed by atoms with Crippen molar-refractivity contribution in [2.75, 3.05) is 52.3 Å². The van der Waals surface area contributed by atoms with Crippen molar-refractivity contribution < 1.29 is 4.74 Å². The highest BCUT2D eigenvalue weighted by atomic mass is 35.5. The van der Waals surface area contributed by atoms with Gasteiger partial charge in [-0.15, -0.1) is 11.6 Å². The van der Waals surface area contributed by atoms with E-state index in [1.165, 1.54) is 5.56 Å². The van der Waals surface area contributed by atoms with E-state index in [0.29, 0.717) is 12.5 Å². The zero-order chi connectivity index (χ0) is 15.1. The summed E-state index contributed by atoms with van der Waals surface area (Å²) >= 11 is 5.64. The maximum absolute atomic E-state index is 5.92. The van der Waals surface area contributed by atoms with E-state index >= 15 is 0 Å². The van der Waals surface area contributed by atoms with Gasteiger partial charge in [0.25, 0.3) is 0 Å². The van der Waals surface area contributed by atoms with E-state index in [4.69, 9.17) is 16.3 Å². The van der Waals surface area contributed by atoms with Crippen LogP contribution in [0.4, 0.5) is 0 Å². The lowest BCUT2D eigenvalue weighted by molar-refractivity contribution is 0.133. The molecule has 0 unspecified atom stereocenters. The molecule has 0 spiro atoms. The average Bonchev–Trinajstić information content (AvgIpc) is 2.49. The van der Waals surface area contributed by atoms with Gasteiger partial charge in [-0.1, -0.05) is 17.9 Å². The van der Waals surface area contributed by atoms with Gasteiger partial charge in [-0.2, -0.15) is 0 Å². The number of benzene rings is 1. The number of halogens is 1. The monoisotopic (exact) mass is 306 g/mol. The quantitative estimate of drug-likeness (QED) is 0.626. The lowest BCUT2D eigenvalue weighted by Crippen LogP contribution is -2.45. The minimum atomic E-state index is 0.342. The lowest BCUT2D eigenvalue weighted by Gasteiger charge is -2.32. The van der Waals surface area contributed by atoms with Gasteiger partial charge in [-0.3, -0.25) is 4.90 Å². The number of likely N-dealkylation sites (N-methyl/N-ethyl adjacent to an activating group) is 1. The summed E-state index contributed by atoms with van der Waals surface area (Å²) in [6.07, 6.45) is 0. The molecule has 1 aromatic rings. The topological polar surface area (TPSA) is 15.7 Å². The number of aryl methyl sites for hydroxylation is 1. The van der Waals surface area contributed by atoms with Crippen LogP contribution in [0.1, 0.15) is 11.1 Å². The Morgan fingerprint density at radius 1 is 1.24 bits per heavy atom. The first kappa shape index (κ1) is 16.2. The molecule has 0 aliphatic carbocycles. The molecule has 1 heterocycles. The molecule has 4 heteroatoms. The number of rotatable bonds is 4. The van der Waals surface area contributed by atoms with Crippen molar-refractivity contribution in [3.63, 3.8) is 0 Å². The van der Waals surface area contributed by atoms with Crippen molar-refractivity contribution in [3.05, 3.63) is 29.3 Å². The summed E-state index contributed by atoms with van der Waals surface area (Å²) in [5, 5.41) is 0. The summed E-state index contributed by atoms with van der Waals surface area (Å²) in [7, 11) is 2.17. The molecular formula is C17H23ClN2O. The van der Waals surface area contributed by atoms with Crippen LogP contribution >= 0.6 is 11.6 Å². The Bertz CT molecular complexity index is 513. The van der Waals surface area contributed by atoms with Crippen molar-refractivity contribution in [1.82, 2.24) is 9.80 Å². The van der Waals surface area contributed by atoms with Crippen LogP contribution in [0.2, 0.25) is 0 Å².